The zero-order chi connectivity index (χ0) is 28.9. The zero-order valence-corrected chi connectivity index (χ0v) is 21.8. The van der Waals surface area contributed by atoms with Crippen molar-refractivity contribution in [3.63, 3.8) is 0 Å². The average Bonchev–Trinajstić information content (AvgIpc) is 2.91. The monoisotopic (exact) mass is 581 g/mol. The topological polar surface area (TPSA) is 135 Å². The highest BCUT2D eigenvalue weighted by Crippen LogP contribution is 2.40. The first kappa shape index (κ1) is 29.5. The van der Waals surface area contributed by atoms with Gasteiger partial charge in [-0.2, -0.15) is 18.4 Å². The van der Waals surface area contributed by atoms with Crippen LogP contribution in [0.25, 0.3) is 0 Å². The Kier molecular flexibility index (Phi) is 9.26. The number of esters is 2. The number of carbonyl (C=O) groups is 4. The van der Waals surface area contributed by atoms with Crippen molar-refractivity contribution >= 4 is 52.8 Å². The van der Waals surface area contributed by atoms with Crippen LogP contribution in [0.1, 0.15) is 27.4 Å². The zero-order valence-electron chi connectivity index (χ0n) is 20.2. The molecule has 0 fully saturated rings. The van der Waals surface area contributed by atoms with Crippen molar-refractivity contribution in [2.45, 2.75) is 12.1 Å². The quantitative estimate of drug-likeness (QED) is 0.366. The van der Waals surface area contributed by atoms with E-state index in [1.807, 2.05) is 6.07 Å². The molecule has 0 aliphatic carbocycles. The van der Waals surface area contributed by atoms with Crippen molar-refractivity contribution in [1.29, 1.82) is 5.26 Å². The molecule has 0 saturated heterocycles. The molecule has 2 N–H and O–H groups in total. The van der Waals surface area contributed by atoms with E-state index < -0.39 is 58.1 Å². The van der Waals surface area contributed by atoms with Crippen molar-refractivity contribution < 1.29 is 41.8 Å². The number of benzene rings is 2. The summed E-state index contributed by atoms with van der Waals surface area (Å²) < 4.78 is 48.8. The number of hydrogen-bond acceptors (Lipinski definition) is 8. The Labute approximate surface area is 229 Å². The SMILES string of the molecule is COC(=O)c1ccc([C@H]2C(C#N)=C(SCC(=O)Nc3ccc(Cl)c(C(F)(F)F)c3)NC(=O)[C@@H]2C(=O)OC)cc1. The van der Waals surface area contributed by atoms with Crippen LogP contribution < -0.4 is 10.6 Å². The average molecular weight is 582 g/mol. The maximum absolute atomic E-state index is 13.1. The molecular weight excluding hydrogens is 563 g/mol. The van der Waals surface area contributed by atoms with Gasteiger partial charge in [0.1, 0.15) is 5.92 Å². The highest BCUT2D eigenvalue weighted by molar-refractivity contribution is 8.03. The van der Waals surface area contributed by atoms with E-state index in [0.29, 0.717) is 11.6 Å². The summed E-state index contributed by atoms with van der Waals surface area (Å²) in [6.07, 6.45) is -4.73. The lowest BCUT2D eigenvalue weighted by Crippen LogP contribution is -2.44. The number of nitrogens with one attached hydrogen (secondary N) is 2. The van der Waals surface area contributed by atoms with Crippen molar-refractivity contribution in [3.8, 4) is 6.07 Å². The van der Waals surface area contributed by atoms with Crippen LogP contribution in [0.2, 0.25) is 5.02 Å². The largest absolute Gasteiger partial charge is 0.468 e. The Hall–Kier alpha value is -4.02. The van der Waals surface area contributed by atoms with Gasteiger partial charge in [-0.05, 0) is 35.9 Å². The number of methoxy groups -OCH3 is 2. The van der Waals surface area contributed by atoms with Gasteiger partial charge in [-0.25, -0.2) is 4.79 Å². The Balaban J connectivity index is 1.89. The number of ether oxygens (including phenoxy) is 2. The fourth-order valence-electron chi connectivity index (χ4n) is 3.78. The molecule has 204 valence electrons. The summed E-state index contributed by atoms with van der Waals surface area (Å²) in [5.41, 5.74) is -0.805. The van der Waals surface area contributed by atoms with Gasteiger partial charge in [0.05, 0.1) is 52.8 Å². The van der Waals surface area contributed by atoms with Gasteiger partial charge in [0, 0.05) is 11.6 Å². The molecule has 2 aromatic carbocycles. The highest BCUT2D eigenvalue weighted by Gasteiger charge is 2.44. The number of alkyl halides is 3. The maximum Gasteiger partial charge on any atom is 0.417 e. The van der Waals surface area contributed by atoms with Gasteiger partial charge in [-0.1, -0.05) is 35.5 Å². The molecule has 1 aliphatic heterocycles. The maximum atomic E-state index is 13.1. The summed E-state index contributed by atoms with van der Waals surface area (Å²) in [6, 6.07) is 10.5. The number of anilines is 1. The van der Waals surface area contributed by atoms with Crippen LogP contribution >= 0.6 is 23.4 Å². The first-order valence-electron chi connectivity index (χ1n) is 10.9. The summed E-state index contributed by atoms with van der Waals surface area (Å²) in [4.78, 5) is 49.7. The van der Waals surface area contributed by atoms with Gasteiger partial charge in [-0.3, -0.25) is 14.4 Å². The predicted molar refractivity (Wildman–Crippen MR) is 134 cm³/mol. The predicted octanol–water partition coefficient (Wildman–Crippen LogP) is 4.26. The number of allylic oxidation sites excluding steroid dienone is 1. The molecule has 0 spiro atoms. The van der Waals surface area contributed by atoms with Gasteiger partial charge < -0.3 is 20.1 Å². The van der Waals surface area contributed by atoms with Crippen LogP contribution in [0, 0.1) is 17.2 Å². The third-order valence-electron chi connectivity index (χ3n) is 5.58. The van der Waals surface area contributed by atoms with Crippen molar-refractivity contribution in [1.82, 2.24) is 5.32 Å². The normalized spacial score (nSPS) is 17.1. The smallest absolute Gasteiger partial charge is 0.417 e. The standard InChI is InChI=1S/C25H19ClF3N3O6S/c1-37-23(35)13-5-3-12(4-6-13)19-15(10-30)22(32-21(34)20(19)24(36)38-2)39-11-18(33)31-14-7-8-17(26)16(9-14)25(27,28)29/h3-9,19-20H,11H2,1-2H3,(H,31,33)(H,32,34)/t19-,20+/m0/s1. The molecule has 9 nitrogen and oxygen atoms in total. The Bertz CT molecular complexity index is 1390. The number of thioether (sulfide) groups is 1. The molecule has 1 aliphatic rings. The number of halogens is 4. The van der Waals surface area contributed by atoms with Crippen LogP contribution in [0.4, 0.5) is 18.9 Å². The van der Waals surface area contributed by atoms with E-state index in [9.17, 15) is 37.6 Å². The third-order valence-corrected chi connectivity index (χ3v) is 6.92. The highest BCUT2D eigenvalue weighted by atomic mass is 35.5. The molecule has 14 heteroatoms. The van der Waals surface area contributed by atoms with Crippen LogP contribution in [-0.2, 0) is 30.0 Å². The number of amides is 2. The summed E-state index contributed by atoms with van der Waals surface area (Å²) in [6.45, 7) is 0. The lowest BCUT2D eigenvalue weighted by atomic mass is 9.78. The van der Waals surface area contributed by atoms with E-state index in [2.05, 4.69) is 15.4 Å². The molecule has 0 aromatic heterocycles. The minimum Gasteiger partial charge on any atom is -0.468 e. The van der Waals surface area contributed by atoms with E-state index in [0.717, 1.165) is 24.9 Å². The third kappa shape index (κ3) is 6.71. The van der Waals surface area contributed by atoms with Crippen molar-refractivity contribution in [3.05, 3.63) is 74.8 Å². The first-order valence-corrected chi connectivity index (χ1v) is 12.3. The number of nitrogens with zero attached hydrogens (tertiary/aromatic N) is 1. The fraction of sp³-hybridized carbons (Fsp3) is 0.240. The summed E-state index contributed by atoms with van der Waals surface area (Å²) >= 11 is 6.34. The molecule has 1 heterocycles. The molecule has 3 rings (SSSR count). The Morgan fingerprint density at radius 2 is 1.79 bits per heavy atom. The van der Waals surface area contributed by atoms with Crippen LogP contribution in [0.5, 0.6) is 0 Å². The van der Waals surface area contributed by atoms with Gasteiger partial charge in [-0.15, -0.1) is 0 Å². The lowest BCUT2D eigenvalue weighted by molar-refractivity contribution is -0.150. The summed E-state index contributed by atoms with van der Waals surface area (Å²) in [7, 11) is 2.28. The minimum atomic E-state index is -4.73. The van der Waals surface area contributed by atoms with Crippen molar-refractivity contribution in [2.75, 3.05) is 25.3 Å². The molecule has 2 atom stereocenters. The fourth-order valence-corrected chi connectivity index (χ4v) is 4.85. The number of nitriles is 1. The van der Waals surface area contributed by atoms with Crippen LogP contribution in [0.3, 0.4) is 0 Å². The summed E-state index contributed by atoms with van der Waals surface area (Å²) in [5, 5.41) is 14.1. The van der Waals surface area contributed by atoms with Gasteiger partial charge in [0.2, 0.25) is 11.8 Å². The van der Waals surface area contributed by atoms with E-state index in [1.54, 1.807) is 0 Å². The molecule has 39 heavy (non-hydrogen) atoms. The van der Waals surface area contributed by atoms with E-state index >= 15 is 0 Å². The molecule has 2 aromatic rings. The second-order valence-electron chi connectivity index (χ2n) is 7.97. The molecule has 0 radical (unpaired) electrons. The number of carbonyl (C=O) groups excluding carboxylic acids is 4. The molecule has 0 unspecified atom stereocenters. The molecular formula is C25H19ClF3N3O6S. The Morgan fingerprint density at radius 1 is 1.13 bits per heavy atom. The second-order valence-corrected chi connectivity index (χ2v) is 9.36. The summed E-state index contributed by atoms with van der Waals surface area (Å²) in [5.74, 6) is -6.01. The molecule has 0 bridgehead atoms. The number of hydrogen-bond donors (Lipinski definition) is 2. The minimum absolute atomic E-state index is 0.0214. The van der Waals surface area contributed by atoms with Gasteiger partial charge in [0.15, 0.2) is 0 Å². The number of rotatable bonds is 7. The van der Waals surface area contributed by atoms with E-state index in [-0.39, 0.29) is 21.9 Å². The lowest BCUT2D eigenvalue weighted by Gasteiger charge is -2.31. The Morgan fingerprint density at radius 3 is 2.36 bits per heavy atom. The first-order chi connectivity index (χ1) is 18.4. The van der Waals surface area contributed by atoms with Crippen LogP contribution in [-0.4, -0.2) is 43.7 Å². The van der Waals surface area contributed by atoms with Gasteiger partial charge in [0.25, 0.3) is 0 Å². The van der Waals surface area contributed by atoms with E-state index in [4.69, 9.17) is 16.3 Å². The second kappa shape index (κ2) is 12.2. The van der Waals surface area contributed by atoms with Crippen molar-refractivity contribution in [2.24, 2.45) is 5.92 Å². The van der Waals surface area contributed by atoms with E-state index in [1.165, 1.54) is 37.4 Å². The van der Waals surface area contributed by atoms with Crippen LogP contribution in [0.15, 0.2) is 53.1 Å². The molecule has 0 saturated carbocycles. The molecule has 2 amide bonds. The van der Waals surface area contributed by atoms with Gasteiger partial charge >= 0.3 is 18.1 Å².